The topological polar surface area (TPSA) is 74.8 Å². The summed E-state index contributed by atoms with van der Waals surface area (Å²) in [5, 5.41) is 9.39. The number of carbonyl (C=O) groups is 1. The third-order valence-electron chi connectivity index (χ3n) is 3.31. The zero-order chi connectivity index (χ0) is 17.9. The van der Waals surface area contributed by atoms with E-state index in [2.05, 4.69) is 20.9 Å². The Morgan fingerprint density at radius 1 is 1.21 bits per heavy atom. The highest BCUT2D eigenvalue weighted by molar-refractivity contribution is 5.92. The summed E-state index contributed by atoms with van der Waals surface area (Å²) in [6.45, 7) is 9.80. The summed E-state index contributed by atoms with van der Waals surface area (Å²) in [5.41, 5.74) is 1.88. The van der Waals surface area contributed by atoms with Gasteiger partial charge in [0.1, 0.15) is 0 Å². The van der Waals surface area contributed by atoms with E-state index in [9.17, 15) is 4.79 Å². The molecule has 0 fully saturated rings. The normalized spacial score (nSPS) is 12.8. The van der Waals surface area contributed by atoms with Crippen LogP contribution in [-0.4, -0.2) is 38.2 Å². The largest absolute Gasteiger partial charge is 0.383 e. The number of benzene rings is 1. The van der Waals surface area contributed by atoms with Crippen molar-refractivity contribution in [3.63, 3.8) is 0 Å². The molecular formula is C18H30N4O2. The Hall–Kier alpha value is -2.08. The maximum atomic E-state index is 11.7. The first kappa shape index (κ1) is 20.0. The molecule has 0 heterocycles. The van der Waals surface area contributed by atoms with Gasteiger partial charge < -0.3 is 20.7 Å². The number of amides is 1. The van der Waals surface area contributed by atoms with Gasteiger partial charge in [-0.15, -0.1) is 0 Å². The van der Waals surface area contributed by atoms with E-state index < -0.39 is 0 Å². The lowest BCUT2D eigenvalue weighted by molar-refractivity contribution is -0.118. The van der Waals surface area contributed by atoms with Crippen LogP contribution in [-0.2, 0) is 16.1 Å². The zero-order valence-electron chi connectivity index (χ0n) is 15.3. The Labute approximate surface area is 145 Å². The van der Waals surface area contributed by atoms with Gasteiger partial charge in [0.2, 0.25) is 5.91 Å². The SMILES string of the molecule is CCNC(=NCc1ccc(NC(=O)C(C)C)cc1)NC(C)COC. The summed E-state index contributed by atoms with van der Waals surface area (Å²) in [7, 11) is 1.68. The van der Waals surface area contributed by atoms with Crippen molar-refractivity contribution in [3.8, 4) is 0 Å². The number of methoxy groups -OCH3 is 1. The minimum atomic E-state index is -0.0304. The monoisotopic (exact) mass is 334 g/mol. The first-order valence-corrected chi connectivity index (χ1v) is 8.39. The first-order chi connectivity index (χ1) is 11.5. The predicted molar refractivity (Wildman–Crippen MR) is 99.2 cm³/mol. The molecular weight excluding hydrogens is 304 g/mol. The Morgan fingerprint density at radius 2 is 1.88 bits per heavy atom. The summed E-state index contributed by atoms with van der Waals surface area (Å²) < 4.78 is 5.13. The van der Waals surface area contributed by atoms with E-state index in [4.69, 9.17) is 4.74 Å². The average molecular weight is 334 g/mol. The van der Waals surface area contributed by atoms with Crippen molar-refractivity contribution in [2.45, 2.75) is 40.3 Å². The molecule has 1 atom stereocenters. The second kappa shape index (κ2) is 10.6. The fraction of sp³-hybridized carbons (Fsp3) is 0.556. The average Bonchev–Trinajstić information content (AvgIpc) is 2.54. The third-order valence-corrected chi connectivity index (χ3v) is 3.31. The van der Waals surface area contributed by atoms with Gasteiger partial charge in [-0.3, -0.25) is 4.79 Å². The van der Waals surface area contributed by atoms with Gasteiger partial charge in [0.05, 0.1) is 13.2 Å². The molecule has 0 aromatic heterocycles. The van der Waals surface area contributed by atoms with E-state index >= 15 is 0 Å². The molecule has 6 heteroatoms. The lowest BCUT2D eigenvalue weighted by atomic mass is 10.2. The van der Waals surface area contributed by atoms with E-state index in [0.29, 0.717) is 13.2 Å². The van der Waals surface area contributed by atoms with E-state index in [1.54, 1.807) is 7.11 Å². The fourth-order valence-corrected chi connectivity index (χ4v) is 2.00. The van der Waals surface area contributed by atoms with Crippen molar-refractivity contribution in [1.29, 1.82) is 0 Å². The van der Waals surface area contributed by atoms with Gasteiger partial charge >= 0.3 is 0 Å². The van der Waals surface area contributed by atoms with Crippen molar-refractivity contribution in [2.24, 2.45) is 10.9 Å². The molecule has 3 N–H and O–H groups in total. The number of nitrogens with one attached hydrogen (secondary N) is 3. The van der Waals surface area contributed by atoms with Gasteiger partial charge in [-0.2, -0.15) is 0 Å². The third kappa shape index (κ3) is 7.46. The van der Waals surface area contributed by atoms with Crippen LogP contribution >= 0.6 is 0 Å². The Balaban J connectivity index is 2.64. The van der Waals surface area contributed by atoms with E-state index in [0.717, 1.165) is 23.8 Å². The highest BCUT2D eigenvalue weighted by Gasteiger charge is 2.07. The number of anilines is 1. The molecule has 24 heavy (non-hydrogen) atoms. The number of nitrogens with zero attached hydrogens (tertiary/aromatic N) is 1. The van der Waals surface area contributed by atoms with Gasteiger partial charge in [0.25, 0.3) is 0 Å². The summed E-state index contributed by atoms with van der Waals surface area (Å²) in [6.07, 6.45) is 0. The molecule has 0 bridgehead atoms. The van der Waals surface area contributed by atoms with Crippen LogP contribution in [0.2, 0.25) is 0 Å². The van der Waals surface area contributed by atoms with Crippen LogP contribution in [0.5, 0.6) is 0 Å². The van der Waals surface area contributed by atoms with Crippen molar-refractivity contribution < 1.29 is 9.53 Å². The van der Waals surface area contributed by atoms with Crippen molar-refractivity contribution >= 4 is 17.6 Å². The molecule has 0 aliphatic rings. The second-order valence-electron chi connectivity index (χ2n) is 6.04. The fourth-order valence-electron chi connectivity index (χ4n) is 2.00. The molecule has 6 nitrogen and oxygen atoms in total. The molecule has 1 aromatic rings. The number of hydrogen-bond acceptors (Lipinski definition) is 3. The highest BCUT2D eigenvalue weighted by Crippen LogP contribution is 2.11. The van der Waals surface area contributed by atoms with Crippen LogP contribution in [0, 0.1) is 5.92 Å². The minimum absolute atomic E-state index is 0.0199. The van der Waals surface area contributed by atoms with Crippen LogP contribution in [0.25, 0.3) is 0 Å². The molecule has 1 amide bonds. The van der Waals surface area contributed by atoms with Crippen molar-refractivity contribution in [3.05, 3.63) is 29.8 Å². The molecule has 1 aromatic carbocycles. The molecule has 0 aliphatic carbocycles. The summed E-state index contributed by atoms with van der Waals surface area (Å²) in [6, 6.07) is 7.93. The summed E-state index contributed by atoms with van der Waals surface area (Å²) in [4.78, 5) is 16.3. The predicted octanol–water partition coefficient (Wildman–Crippen LogP) is 2.37. The first-order valence-electron chi connectivity index (χ1n) is 8.39. The van der Waals surface area contributed by atoms with E-state index in [1.165, 1.54) is 0 Å². The Morgan fingerprint density at radius 3 is 2.42 bits per heavy atom. The molecule has 0 saturated carbocycles. The second-order valence-corrected chi connectivity index (χ2v) is 6.04. The Bertz CT molecular complexity index is 526. The number of ether oxygens (including phenoxy) is 1. The molecule has 1 unspecified atom stereocenters. The molecule has 1 rings (SSSR count). The number of rotatable bonds is 8. The van der Waals surface area contributed by atoms with Crippen LogP contribution in [0.1, 0.15) is 33.3 Å². The van der Waals surface area contributed by atoms with E-state index in [1.807, 2.05) is 52.0 Å². The Kier molecular flexibility index (Phi) is 8.86. The van der Waals surface area contributed by atoms with Gasteiger partial charge in [-0.1, -0.05) is 26.0 Å². The zero-order valence-corrected chi connectivity index (χ0v) is 15.3. The highest BCUT2D eigenvalue weighted by atomic mass is 16.5. The molecule has 134 valence electrons. The molecule has 0 radical (unpaired) electrons. The number of hydrogen-bond donors (Lipinski definition) is 3. The maximum absolute atomic E-state index is 11.7. The van der Waals surface area contributed by atoms with Crippen LogP contribution < -0.4 is 16.0 Å². The van der Waals surface area contributed by atoms with Crippen molar-refractivity contribution in [2.75, 3.05) is 25.6 Å². The lowest BCUT2D eigenvalue weighted by Gasteiger charge is -2.17. The maximum Gasteiger partial charge on any atom is 0.226 e. The lowest BCUT2D eigenvalue weighted by Crippen LogP contribution is -2.43. The summed E-state index contributed by atoms with van der Waals surface area (Å²) in [5.74, 6) is 0.753. The van der Waals surface area contributed by atoms with Gasteiger partial charge in [0.15, 0.2) is 5.96 Å². The smallest absolute Gasteiger partial charge is 0.226 e. The summed E-state index contributed by atoms with van der Waals surface area (Å²) >= 11 is 0. The van der Waals surface area contributed by atoms with Gasteiger partial charge in [0, 0.05) is 31.3 Å². The van der Waals surface area contributed by atoms with Crippen LogP contribution in [0.3, 0.4) is 0 Å². The van der Waals surface area contributed by atoms with Gasteiger partial charge in [-0.25, -0.2) is 4.99 Å². The quantitative estimate of drug-likeness (QED) is 0.504. The van der Waals surface area contributed by atoms with Crippen LogP contribution in [0.15, 0.2) is 29.3 Å². The van der Waals surface area contributed by atoms with E-state index in [-0.39, 0.29) is 17.9 Å². The minimum Gasteiger partial charge on any atom is -0.383 e. The molecule has 0 saturated heterocycles. The standard InChI is InChI=1S/C18H30N4O2/c1-6-19-18(21-14(4)12-24-5)20-11-15-7-9-16(10-8-15)22-17(23)13(2)3/h7-10,13-14H,6,11-12H2,1-5H3,(H,22,23)(H2,19,20,21). The number of aliphatic imine (C=N–C) groups is 1. The molecule has 0 aliphatic heterocycles. The van der Waals surface area contributed by atoms with Crippen molar-refractivity contribution in [1.82, 2.24) is 10.6 Å². The molecule has 0 spiro atoms. The van der Waals surface area contributed by atoms with Gasteiger partial charge in [-0.05, 0) is 31.5 Å². The van der Waals surface area contributed by atoms with Crippen LogP contribution in [0.4, 0.5) is 5.69 Å². The number of carbonyl (C=O) groups excluding carboxylic acids is 1. The number of guanidine groups is 1.